The zero-order valence-electron chi connectivity index (χ0n) is 17.9. The van der Waals surface area contributed by atoms with Gasteiger partial charge in [-0.25, -0.2) is 4.99 Å². The van der Waals surface area contributed by atoms with E-state index in [-0.39, 0.29) is 17.4 Å². The fourth-order valence-electron chi connectivity index (χ4n) is 3.08. The van der Waals surface area contributed by atoms with Gasteiger partial charge >= 0.3 is 6.36 Å². The van der Waals surface area contributed by atoms with Gasteiger partial charge in [0.15, 0.2) is 5.17 Å². The van der Waals surface area contributed by atoms with Gasteiger partial charge in [0, 0.05) is 18.1 Å². The van der Waals surface area contributed by atoms with Crippen LogP contribution in [0.3, 0.4) is 0 Å². The number of thioether (sulfide) groups is 1. The molecule has 0 fully saturated rings. The van der Waals surface area contributed by atoms with Crippen molar-refractivity contribution in [3.63, 3.8) is 0 Å². The summed E-state index contributed by atoms with van der Waals surface area (Å²) in [5.41, 5.74) is 1.80. The van der Waals surface area contributed by atoms with Crippen molar-refractivity contribution in [3.8, 4) is 5.75 Å². The number of halogens is 3. The van der Waals surface area contributed by atoms with Gasteiger partial charge in [-0.3, -0.25) is 19.5 Å². The number of nitrogens with zero attached hydrogens (tertiary/aromatic N) is 3. The highest BCUT2D eigenvalue weighted by Gasteiger charge is 2.32. The van der Waals surface area contributed by atoms with Crippen LogP contribution >= 0.6 is 11.8 Å². The van der Waals surface area contributed by atoms with Crippen molar-refractivity contribution >= 4 is 46.2 Å². The molecule has 2 amide bonds. The first-order valence-corrected chi connectivity index (χ1v) is 11.2. The molecule has 1 aromatic heterocycles. The lowest BCUT2D eigenvalue weighted by Gasteiger charge is -2.17. The van der Waals surface area contributed by atoms with Gasteiger partial charge in [-0.2, -0.15) is 0 Å². The molecule has 0 aliphatic carbocycles. The van der Waals surface area contributed by atoms with Crippen LogP contribution in [0, 0.1) is 0 Å². The summed E-state index contributed by atoms with van der Waals surface area (Å²) >= 11 is 1.06. The number of hydrogen-bond donors (Lipinski definition) is 1. The monoisotopic (exact) mass is 498 g/mol. The Kier molecular flexibility index (Phi) is 7.16. The summed E-state index contributed by atoms with van der Waals surface area (Å²) in [6, 6.07) is 17.2. The zero-order chi connectivity index (χ0) is 24.8. The maximum Gasteiger partial charge on any atom is 0.573 e. The van der Waals surface area contributed by atoms with E-state index in [1.807, 2.05) is 6.07 Å². The lowest BCUT2D eigenvalue weighted by molar-refractivity contribution is -0.274. The molecule has 35 heavy (non-hydrogen) atoms. The van der Waals surface area contributed by atoms with E-state index in [1.165, 1.54) is 17.0 Å². The van der Waals surface area contributed by atoms with Crippen LogP contribution in [0.25, 0.3) is 6.08 Å². The second kappa shape index (κ2) is 10.4. The number of anilines is 2. The Balaban J connectivity index is 1.46. The highest BCUT2D eigenvalue weighted by molar-refractivity contribution is 8.14. The third kappa shape index (κ3) is 6.48. The Labute approximate surface area is 202 Å². The van der Waals surface area contributed by atoms with E-state index in [4.69, 9.17) is 0 Å². The summed E-state index contributed by atoms with van der Waals surface area (Å²) in [6.07, 6.45) is 0.0420. The van der Waals surface area contributed by atoms with E-state index in [0.29, 0.717) is 22.1 Å². The molecule has 0 saturated heterocycles. The molecule has 1 aliphatic heterocycles. The van der Waals surface area contributed by atoms with Gasteiger partial charge < -0.3 is 10.1 Å². The molecular formula is C24H17F3N4O3S. The number of pyridine rings is 1. The number of benzene rings is 2. The normalized spacial score (nSPS) is 14.7. The number of aliphatic imine (C=N–C) groups is 1. The third-order valence-electron chi connectivity index (χ3n) is 4.54. The minimum atomic E-state index is -4.80. The fourth-order valence-corrected chi connectivity index (χ4v) is 3.90. The Morgan fingerprint density at radius 3 is 2.46 bits per heavy atom. The number of hydrogen-bond acceptors (Lipinski definition) is 6. The van der Waals surface area contributed by atoms with Crippen molar-refractivity contribution in [2.24, 2.45) is 4.99 Å². The molecule has 2 heterocycles. The Morgan fingerprint density at radius 2 is 1.80 bits per heavy atom. The number of ether oxygens (including phenoxy) is 1. The topological polar surface area (TPSA) is 83.9 Å². The molecule has 0 atom stereocenters. The number of carbonyl (C=O) groups is 2. The van der Waals surface area contributed by atoms with Crippen molar-refractivity contribution in [2.45, 2.75) is 6.36 Å². The molecule has 4 rings (SSSR count). The standard InChI is InChI=1S/C24H17F3N4O3S/c25-24(26,27)34-19-10-8-17(9-11-19)29-21(32)15-35-23-30-20(13-16-5-4-12-28-14-16)22(33)31(23)18-6-2-1-3-7-18/h1-14H,15H2,(H,29,32). The van der Waals surface area contributed by atoms with E-state index in [1.54, 1.807) is 54.9 Å². The first kappa shape index (κ1) is 24.0. The van der Waals surface area contributed by atoms with Crippen LogP contribution in [-0.4, -0.2) is 34.1 Å². The summed E-state index contributed by atoms with van der Waals surface area (Å²) in [5.74, 6) is -1.25. The van der Waals surface area contributed by atoms with Crippen molar-refractivity contribution < 1.29 is 27.5 Å². The minimum absolute atomic E-state index is 0.0869. The number of amidine groups is 1. The van der Waals surface area contributed by atoms with Crippen molar-refractivity contribution in [2.75, 3.05) is 16.0 Å². The molecule has 178 valence electrons. The molecular weight excluding hydrogens is 481 g/mol. The second-order valence-electron chi connectivity index (χ2n) is 7.10. The van der Waals surface area contributed by atoms with Crippen LogP contribution < -0.4 is 15.0 Å². The molecule has 3 aromatic rings. The lowest BCUT2D eigenvalue weighted by atomic mass is 10.2. The fraction of sp³-hybridized carbons (Fsp3) is 0.0833. The summed E-state index contributed by atoms with van der Waals surface area (Å²) in [6.45, 7) is 0. The van der Waals surface area contributed by atoms with E-state index in [0.717, 1.165) is 23.9 Å². The van der Waals surface area contributed by atoms with Crippen LogP contribution in [0.4, 0.5) is 24.5 Å². The average molecular weight is 498 g/mol. The molecule has 0 unspecified atom stereocenters. The van der Waals surface area contributed by atoms with Gasteiger partial charge in [0.2, 0.25) is 5.91 Å². The summed E-state index contributed by atoms with van der Waals surface area (Å²) in [4.78, 5) is 35.4. The van der Waals surface area contributed by atoms with Crippen LogP contribution in [0.15, 0.2) is 89.8 Å². The molecule has 2 aromatic carbocycles. The van der Waals surface area contributed by atoms with Gasteiger partial charge in [-0.05, 0) is 54.1 Å². The molecule has 0 radical (unpaired) electrons. The van der Waals surface area contributed by atoms with Gasteiger partial charge in [-0.1, -0.05) is 36.0 Å². The summed E-state index contributed by atoms with van der Waals surface area (Å²) in [7, 11) is 0. The van der Waals surface area contributed by atoms with Crippen molar-refractivity contribution in [1.29, 1.82) is 0 Å². The Hall–Kier alpha value is -4.12. The molecule has 0 bridgehead atoms. The van der Waals surface area contributed by atoms with Crippen LogP contribution in [0.1, 0.15) is 5.56 Å². The number of nitrogens with one attached hydrogen (secondary N) is 1. The maximum absolute atomic E-state index is 13.1. The number of aromatic nitrogens is 1. The number of carbonyl (C=O) groups excluding carboxylic acids is 2. The van der Waals surface area contributed by atoms with E-state index >= 15 is 0 Å². The quantitative estimate of drug-likeness (QED) is 0.479. The third-order valence-corrected chi connectivity index (χ3v) is 5.47. The van der Waals surface area contributed by atoms with Crippen LogP contribution in [0.2, 0.25) is 0 Å². The molecule has 11 heteroatoms. The lowest BCUT2D eigenvalue weighted by Crippen LogP contribution is -2.31. The predicted molar refractivity (Wildman–Crippen MR) is 128 cm³/mol. The predicted octanol–water partition coefficient (Wildman–Crippen LogP) is 5.10. The van der Waals surface area contributed by atoms with E-state index in [9.17, 15) is 22.8 Å². The van der Waals surface area contributed by atoms with Gasteiger partial charge in [0.05, 0.1) is 11.4 Å². The Morgan fingerprint density at radius 1 is 1.06 bits per heavy atom. The zero-order valence-corrected chi connectivity index (χ0v) is 18.7. The van der Waals surface area contributed by atoms with Crippen molar-refractivity contribution in [3.05, 3.63) is 90.4 Å². The smallest absolute Gasteiger partial charge is 0.406 e. The van der Waals surface area contributed by atoms with E-state index in [2.05, 4.69) is 20.0 Å². The Bertz CT molecular complexity index is 1260. The first-order valence-electron chi connectivity index (χ1n) is 10.2. The first-order chi connectivity index (χ1) is 16.8. The summed E-state index contributed by atoms with van der Waals surface area (Å²) < 4.78 is 40.7. The van der Waals surface area contributed by atoms with E-state index < -0.39 is 18.0 Å². The number of para-hydroxylation sites is 1. The molecule has 0 spiro atoms. The van der Waals surface area contributed by atoms with Crippen LogP contribution in [-0.2, 0) is 9.59 Å². The average Bonchev–Trinajstić information content (AvgIpc) is 3.14. The molecule has 0 saturated carbocycles. The SMILES string of the molecule is O=C(CSC1=NC(=Cc2cccnc2)C(=O)N1c1ccccc1)Nc1ccc(OC(F)(F)F)cc1. The van der Waals surface area contributed by atoms with Gasteiger partial charge in [-0.15, -0.1) is 13.2 Å². The largest absolute Gasteiger partial charge is 0.573 e. The molecule has 1 aliphatic rings. The highest BCUT2D eigenvalue weighted by Crippen LogP contribution is 2.29. The van der Waals surface area contributed by atoms with Gasteiger partial charge in [0.1, 0.15) is 11.4 Å². The molecule has 7 nitrogen and oxygen atoms in total. The number of alkyl halides is 3. The second-order valence-corrected chi connectivity index (χ2v) is 8.04. The molecule has 1 N–H and O–H groups in total. The van der Waals surface area contributed by atoms with Crippen LogP contribution in [0.5, 0.6) is 5.75 Å². The minimum Gasteiger partial charge on any atom is -0.406 e. The highest BCUT2D eigenvalue weighted by atomic mass is 32.2. The maximum atomic E-state index is 13.1. The summed E-state index contributed by atoms with van der Waals surface area (Å²) in [5, 5.41) is 2.91. The van der Waals surface area contributed by atoms with Gasteiger partial charge in [0.25, 0.3) is 5.91 Å². The number of amides is 2. The number of rotatable bonds is 6. The van der Waals surface area contributed by atoms with Crippen molar-refractivity contribution in [1.82, 2.24) is 4.98 Å².